The van der Waals surface area contributed by atoms with E-state index in [0.717, 1.165) is 0 Å². The van der Waals surface area contributed by atoms with Gasteiger partial charge in [-0.05, 0) is 24.3 Å². The SMILES string of the molecule is CCOc1c(F)c(F)c(COC(=O)C2C(C=C(Cl)Cl)C2(C)C)c(F)c1F. The molecular formula is C17H16Cl2F4O3. The molecule has 9 heteroatoms. The van der Waals surface area contributed by atoms with E-state index in [1.807, 2.05) is 0 Å². The number of carbonyl (C=O) groups excluding carboxylic acids is 1. The lowest BCUT2D eigenvalue weighted by molar-refractivity contribution is -0.147. The zero-order valence-corrected chi connectivity index (χ0v) is 15.7. The van der Waals surface area contributed by atoms with Crippen LogP contribution in [0.3, 0.4) is 0 Å². The Morgan fingerprint density at radius 3 is 2.12 bits per heavy atom. The Balaban J connectivity index is 2.18. The highest BCUT2D eigenvalue weighted by atomic mass is 35.5. The summed E-state index contributed by atoms with van der Waals surface area (Å²) in [7, 11) is 0. The number of benzene rings is 1. The maximum atomic E-state index is 14.0. The third-order valence-corrected chi connectivity index (χ3v) is 4.68. The quantitative estimate of drug-likeness (QED) is 0.361. The minimum absolute atomic E-state index is 0.0221. The van der Waals surface area contributed by atoms with Crippen LogP contribution in [0.15, 0.2) is 10.6 Å². The highest BCUT2D eigenvalue weighted by molar-refractivity contribution is 6.55. The van der Waals surface area contributed by atoms with Gasteiger partial charge in [0.2, 0.25) is 11.6 Å². The van der Waals surface area contributed by atoms with E-state index >= 15 is 0 Å². The van der Waals surface area contributed by atoms with Gasteiger partial charge in [-0.15, -0.1) is 0 Å². The summed E-state index contributed by atoms with van der Waals surface area (Å²) in [6, 6.07) is 0. The standard InChI is InChI=1S/C17H16Cl2F4O3/c1-4-25-15-13(22)11(20)7(12(21)14(15)23)6-26-16(24)10-8(5-9(18)19)17(10,2)3/h5,8,10H,4,6H2,1-3H3. The fraction of sp³-hybridized carbons (Fsp3) is 0.471. The number of ether oxygens (including phenoxy) is 2. The summed E-state index contributed by atoms with van der Waals surface area (Å²) < 4.78 is 65.1. The number of carbonyl (C=O) groups is 1. The molecule has 0 N–H and O–H groups in total. The molecule has 3 nitrogen and oxygen atoms in total. The predicted octanol–water partition coefficient (Wildman–Crippen LogP) is 5.28. The molecule has 2 unspecified atom stereocenters. The van der Waals surface area contributed by atoms with Crippen LogP contribution in [0.1, 0.15) is 26.3 Å². The van der Waals surface area contributed by atoms with Crippen LogP contribution in [0.25, 0.3) is 0 Å². The molecule has 0 saturated heterocycles. The van der Waals surface area contributed by atoms with Crippen molar-refractivity contribution in [2.24, 2.45) is 17.3 Å². The zero-order valence-electron chi connectivity index (χ0n) is 14.1. The van der Waals surface area contributed by atoms with Crippen molar-refractivity contribution in [3.05, 3.63) is 39.4 Å². The lowest BCUT2D eigenvalue weighted by atomic mass is 10.1. The molecule has 1 saturated carbocycles. The number of hydrogen-bond acceptors (Lipinski definition) is 3. The average molecular weight is 415 g/mol. The molecule has 2 atom stereocenters. The number of hydrogen-bond donors (Lipinski definition) is 0. The third-order valence-electron chi connectivity index (χ3n) is 4.43. The third kappa shape index (κ3) is 3.78. The lowest BCUT2D eigenvalue weighted by Gasteiger charge is -2.12. The fourth-order valence-corrected chi connectivity index (χ4v) is 3.13. The van der Waals surface area contributed by atoms with Crippen molar-refractivity contribution in [3.8, 4) is 5.75 Å². The van der Waals surface area contributed by atoms with Crippen LogP contribution >= 0.6 is 23.2 Å². The van der Waals surface area contributed by atoms with Gasteiger partial charge in [0.05, 0.1) is 18.1 Å². The smallest absolute Gasteiger partial charge is 0.310 e. The number of esters is 1. The van der Waals surface area contributed by atoms with Gasteiger partial charge in [0, 0.05) is 0 Å². The first-order valence-corrected chi connectivity index (χ1v) is 8.46. The molecule has 2 rings (SSSR count). The van der Waals surface area contributed by atoms with Crippen molar-refractivity contribution >= 4 is 29.2 Å². The molecule has 0 aromatic heterocycles. The van der Waals surface area contributed by atoms with Crippen LogP contribution in [0.2, 0.25) is 0 Å². The molecular weight excluding hydrogens is 399 g/mol. The Bertz CT molecular complexity index is 732. The van der Waals surface area contributed by atoms with Crippen molar-refractivity contribution in [2.75, 3.05) is 6.61 Å². The van der Waals surface area contributed by atoms with Gasteiger partial charge in [0.15, 0.2) is 17.4 Å². The van der Waals surface area contributed by atoms with Crippen molar-refractivity contribution in [3.63, 3.8) is 0 Å². The van der Waals surface area contributed by atoms with Crippen LogP contribution in [0.5, 0.6) is 5.75 Å². The van der Waals surface area contributed by atoms with Crippen LogP contribution in [-0.4, -0.2) is 12.6 Å². The maximum Gasteiger partial charge on any atom is 0.310 e. The van der Waals surface area contributed by atoms with Gasteiger partial charge >= 0.3 is 5.97 Å². The predicted molar refractivity (Wildman–Crippen MR) is 87.8 cm³/mol. The average Bonchev–Trinajstić information content (AvgIpc) is 3.09. The zero-order chi connectivity index (χ0) is 19.8. The van der Waals surface area contributed by atoms with E-state index in [0.29, 0.717) is 0 Å². The highest BCUT2D eigenvalue weighted by Gasteiger charge is 2.61. The van der Waals surface area contributed by atoms with Crippen LogP contribution in [-0.2, 0) is 16.1 Å². The van der Waals surface area contributed by atoms with Crippen LogP contribution < -0.4 is 4.74 Å². The van der Waals surface area contributed by atoms with Crippen LogP contribution in [0.4, 0.5) is 17.6 Å². The molecule has 0 spiro atoms. The van der Waals surface area contributed by atoms with Gasteiger partial charge in [-0.1, -0.05) is 37.0 Å². The number of halogens is 6. The van der Waals surface area contributed by atoms with E-state index in [4.69, 9.17) is 27.9 Å². The van der Waals surface area contributed by atoms with Gasteiger partial charge in [0.1, 0.15) is 11.1 Å². The van der Waals surface area contributed by atoms with E-state index in [1.165, 1.54) is 13.0 Å². The summed E-state index contributed by atoms with van der Waals surface area (Å²) >= 11 is 11.2. The van der Waals surface area contributed by atoms with E-state index in [-0.39, 0.29) is 17.0 Å². The number of rotatable bonds is 6. The van der Waals surface area contributed by atoms with E-state index in [2.05, 4.69) is 4.74 Å². The second-order valence-electron chi connectivity index (χ2n) is 6.39. The summed E-state index contributed by atoms with van der Waals surface area (Å²) in [5.41, 5.74) is -1.55. The topological polar surface area (TPSA) is 35.5 Å². The Kier molecular flexibility index (Phi) is 6.13. The van der Waals surface area contributed by atoms with Crippen molar-refractivity contribution in [1.82, 2.24) is 0 Å². The molecule has 26 heavy (non-hydrogen) atoms. The monoisotopic (exact) mass is 414 g/mol. The van der Waals surface area contributed by atoms with Gasteiger partial charge in [0.25, 0.3) is 0 Å². The molecule has 0 aliphatic heterocycles. The Hall–Kier alpha value is -1.47. The molecule has 0 amide bonds. The Morgan fingerprint density at radius 2 is 1.65 bits per heavy atom. The van der Waals surface area contributed by atoms with Crippen LogP contribution in [0, 0.1) is 40.5 Å². The largest absolute Gasteiger partial charge is 0.488 e. The van der Waals surface area contributed by atoms with Gasteiger partial charge < -0.3 is 9.47 Å². The molecule has 0 bridgehead atoms. The summed E-state index contributed by atoms with van der Waals surface area (Å²) in [6.07, 6.45) is 1.46. The van der Waals surface area contributed by atoms with E-state index in [9.17, 15) is 22.4 Å². The second kappa shape index (κ2) is 7.64. The highest BCUT2D eigenvalue weighted by Crippen LogP contribution is 2.60. The summed E-state index contributed by atoms with van der Waals surface area (Å²) in [6.45, 7) is 3.77. The van der Waals surface area contributed by atoms with E-state index < -0.39 is 58.5 Å². The molecule has 1 aliphatic carbocycles. The normalized spacial score (nSPS) is 20.5. The maximum absolute atomic E-state index is 14.0. The molecule has 1 aliphatic rings. The summed E-state index contributed by atoms with van der Waals surface area (Å²) in [4.78, 5) is 12.2. The van der Waals surface area contributed by atoms with Gasteiger partial charge in [-0.3, -0.25) is 4.79 Å². The molecule has 1 fully saturated rings. The molecule has 1 aromatic carbocycles. The minimum Gasteiger partial charge on any atom is -0.488 e. The van der Waals surface area contributed by atoms with Crippen molar-refractivity contribution < 1.29 is 31.8 Å². The van der Waals surface area contributed by atoms with E-state index in [1.54, 1.807) is 13.8 Å². The Labute approximate surface area is 157 Å². The molecule has 0 heterocycles. The first kappa shape index (κ1) is 20.8. The lowest BCUT2D eigenvalue weighted by Crippen LogP contribution is -2.14. The van der Waals surface area contributed by atoms with Crippen molar-refractivity contribution in [1.29, 1.82) is 0 Å². The number of allylic oxidation sites excluding steroid dienone is 1. The van der Waals surface area contributed by atoms with Gasteiger partial charge in [-0.25, -0.2) is 8.78 Å². The molecule has 1 aromatic rings. The first-order chi connectivity index (χ1) is 12.0. The minimum atomic E-state index is -1.68. The van der Waals surface area contributed by atoms with Crippen molar-refractivity contribution in [2.45, 2.75) is 27.4 Å². The molecule has 0 radical (unpaired) electrons. The van der Waals surface area contributed by atoms with Gasteiger partial charge in [-0.2, -0.15) is 8.78 Å². The Morgan fingerprint density at radius 1 is 1.12 bits per heavy atom. The fourth-order valence-electron chi connectivity index (χ4n) is 2.86. The second-order valence-corrected chi connectivity index (χ2v) is 7.39. The molecule has 144 valence electrons. The first-order valence-electron chi connectivity index (χ1n) is 7.71. The summed E-state index contributed by atoms with van der Waals surface area (Å²) in [5, 5.41) is 0. The summed E-state index contributed by atoms with van der Waals surface area (Å²) in [5.74, 6) is -9.59.